The van der Waals surface area contributed by atoms with E-state index in [1.54, 1.807) is 0 Å². The molecular formula is CH14N2O6S. The predicted octanol–water partition coefficient (Wildman–Crippen LogP) is -1.54. The van der Waals surface area contributed by atoms with Crippen molar-refractivity contribution in [2.75, 3.05) is 7.11 Å². The van der Waals surface area contributed by atoms with Crippen molar-refractivity contribution < 1.29 is 28.1 Å². The van der Waals surface area contributed by atoms with Gasteiger partial charge in [-0.15, -0.1) is 0 Å². The predicted molar refractivity (Wildman–Crippen MR) is 36.0 cm³/mol. The number of aliphatic hydroxyl groups is 1. The van der Waals surface area contributed by atoms with Gasteiger partial charge in [0.05, 0.1) is 0 Å². The standard InChI is InChI=1S/CH4O.2H3N.H2O4S.H2O/c1-2;;;1-5(2,3)4;/h2H,1H3;2*1H3;(H2,1,2,3,4);1H2. The summed E-state index contributed by atoms with van der Waals surface area (Å²) >= 11 is 0. The fraction of sp³-hybridized carbons (Fsp3) is 1.00. The van der Waals surface area contributed by atoms with Crippen LogP contribution in [-0.4, -0.2) is 35.2 Å². The van der Waals surface area contributed by atoms with E-state index in [9.17, 15) is 0 Å². The summed E-state index contributed by atoms with van der Waals surface area (Å²) in [6, 6.07) is 0. The molecule has 0 aliphatic heterocycles. The van der Waals surface area contributed by atoms with Gasteiger partial charge in [0.1, 0.15) is 0 Å². The maximum Gasteiger partial charge on any atom is 0.394 e. The fourth-order valence-corrected chi connectivity index (χ4v) is 0. The Balaban J connectivity index is -0.0000000154. The van der Waals surface area contributed by atoms with Crippen LogP contribution in [-0.2, 0) is 10.4 Å². The fourth-order valence-electron chi connectivity index (χ4n) is 0. The van der Waals surface area contributed by atoms with Gasteiger partial charge in [-0.05, 0) is 0 Å². The lowest BCUT2D eigenvalue weighted by Crippen LogP contribution is -1.89. The van der Waals surface area contributed by atoms with Crippen molar-refractivity contribution in [3.8, 4) is 0 Å². The summed E-state index contributed by atoms with van der Waals surface area (Å²) < 4.78 is 31.6. The molecule has 0 atom stereocenters. The first-order chi connectivity index (χ1) is 3.00. The van der Waals surface area contributed by atoms with Crippen molar-refractivity contribution in [1.29, 1.82) is 0 Å². The molecule has 0 spiro atoms. The lowest BCUT2D eigenvalue weighted by atomic mass is 11.8. The highest BCUT2D eigenvalue weighted by Crippen LogP contribution is 1.59. The van der Waals surface area contributed by atoms with Gasteiger partial charge in [-0.25, -0.2) is 0 Å². The zero-order valence-corrected chi connectivity index (χ0v) is 6.30. The van der Waals surface area contributed by atoms with Crippen molar-refractivity contribution in [2.24, 2.45) is 0 Å². The van der Waals surface area contributed by atoms with Gasteiger partial charge in [0.2, 0.25) is 0 Å². The third-order valence-corrected chi connectivity index (χ3v) is 0. The van der Waals surface area contributed by atoms with Crippen LogP contribution in [0.2, 0.25) is 0 Å². The van der Waals surface area contributed by atoms with Crippen LogP contribution in [0.4, 0.5) is 0 Å². The Morgan fingerprint density at radius 1 is 1.00 bits per heavy atom. The molecule has 0 fully saturated rings. The van der Waals surface area contributed by atoms with Gasteiger partial charge in [0, 0.05) is 7.11 Å². The van der Waals surface area contributed by atoms with Crippen LogP contribution in [0.1, 0.15) is 0 Å². The van der Waals surface area contributed by atoms with Gasteiger partial charge in [0.15, 0.2) is 0 Å². The molecule has 11 N–H and O–H groups in total. The Morgan fingerprint density at radius 3 is 1.00 bits per heavy atom. The topological polar surface area (TPSA) is 196 Å². The van der Waals surface area contributed by atoms with E-state index >= 15 is 0 Å². The summed E-state index contributed by atoms with van der Waals surface area (Å²) in [7, 11) is -3.67. The van der Waals surface area contributed by atoms with Crippen LogP contribution in [0.25, 0.3) is 0 Å². The molecule has 0 radical (unpaired) electrons. The van der Waals surface area contributed by atoms with Crippen molar-refractivity contribution >= 4 is 10.4 Å². The van der Waals surface area contributed by atoms with E-state index in [4.69, 9.17) is 22.6 Å². The maximum atomic E-state index is 8.74. The van der Waals surface area contributed by atoms with Crippen molar-refractivity contribution in [1.82, 2.24) is 12.3 Å². The van der Waals surface area contributed by atoms with E-state index in [1.807, 2.05) is 0 Å². The van der Waals surface area contributed by atoms with Crippen LogP contribution in [0.15, 0.2) is 0 Å². The summed E-state index contributed by atoms with van der Waals surface area (Å²) in [6.07, 6.45) is 0. The highest BCUT2D eigenvalue weighted by molar-refractivity contribution is 7.79. The molecule has 0 aromatic carbocycles. The third kappa shape index (κ3) is 4130. The number of rotatable bonds is 0. The molecule has 0 aromatic heterocycles. The summed E-state index contributed by atoms with van der Waals surface area (Å²) in [5.41, 5.74) is 0. The molecule has 0 amide bonds. The average molecular weight is 182 g/mol. The van der Waals surface area contributed by atoms with Crippen molar-refractivity contribution in [2.45, 2.75) is 0 Å². The summed E-state index contributed by atoms with van der Waals surface area (Å²) in [4.78, 5) is 0. The number of hydrogen-bond acceptors (Lipinski definition) is 5. The molecule has 0 bridgehead atoms. The summed E-state index contributed by atoms with van der Waals surface area (Å²) in [6.45, 7) is 0. The van der Waals surface area contributed by atoms with Gasteiger partial charge < -0.3 is 22.9 Å². The van der Waals surface area contributed by atoms with E-state index < -0.39 is 10.4 Å². The molecule has 0 aliphatic carbocycles. The van der Waals surface area contributed by atoms with E-state index in [0.717, 1.165) is 7.11 Å². The lowest BCUT2D eigenvalue weighted by molar-refractivity contribution is 0.381. The molecule has 8 nitrogen and oxygen atoms in total. The van der Waals surface area contributed by atoms with E-state index in [1.165, 1.54) is 0 Å². The lowest BCUT2D eigenvalue weighted by Gasteiger charge is -1.68. The van der Waals surface area contributed by atoms with Crippen LogP contribution in [0, 0.1) is 0 Å². The van der Waals surface area contributed by atoms with Gasteiger partial charge in [-0.1, -0.05) is 0 Å². The number of aliphatic hydroxyl groups excluding tert-OH is 1. The highest BCUT2D eigenvalue weighted by atomic mass is 32.3. The first-order valence-corrected chi connectivity index (χ1v) is 2.54. The zero-order valence-electron chi connectivity index (χ0n) is 5.48. The van der Waals surface area contributed by atoms with Gasteiger partial charge in [-0.3, -0.25) is 9.11 Å². The zero-order chi connectivity index (χ0) is 6.50. The normalized spacial score (nSPS) is 6.40. The quantitative estimate of drug-likeness (QED) is 0.279. The molecule has 0 saturated heterocycles. The molecule has 10 heavy (non-hydrogen) atoms. The second kappa shape index (κ2) is 15.9. The van der Waals surface area contributed by atoms with Crippen molar-refractivity contribution in [3.05, 3.63) is 0 Å². The Kier molecular flexibility index (Phi) is 52.7. The van der Waals surface area contributed by atoms with E-state index in [2.05, 4.69) is 0 Å². The minimum absolute atomic E-state index is 0. The second-order valence-electron chi connectivity index (χ2n) is 0.448. The third-order valence-electron chi connectivity index (χ3n) is 0. The van der Waals surface area contributed by atoms with E-state index in [0.29, 0.717) is 0 Å². The molecule has 0 unspecified atom stereocenters. The highest BCUT2D eigenvalue weighted by Gasteiger charge is 1.84. The van der Waals surface area contributed by atoms with Crippen LogP contribution < -0.4 is 12.3 Å². The molecule has 70 valence electrons. The monoisotopic (exact) mass is 182 g/mol. The Bertz CT molecular complexity index is 98.9. The minimum atomic E-state index is -4.67. The van der Waals surface area contributed by atoms with Crippen LogP contribution >= 0.6 is 0 Å². The van der Waals surface area contributed by atoms with E-state index in [-0.39, 0.29) is 17.8 Å². The summed E-state index contributed by atoms with van der Waals surface area (Å²) in [5, 5.41) is 7.00. The Labute approximate surface area is 58.9 Å². The molecule has 0 aliphatic rings. The first kappa shape index (κ1) is 33.2. The molecule has 0 heterocycles. The Morgan fingerprint density at radius 2 is 1.00 bits per heavy atom. The molecule has 0 rings (SSSR count). The second-order valence-corrected chi connectivity index (χ2v) is 1.34. The van der Waals surface area contributed by atoms with Crippen LogP contribution in [0.5, 0.6) is 0 Å². The first-order valence-electron chi connectivity index (χ1n) is 1.15. The largest absolute Gasteiger partial charge is 0.412 e. The van der Waals surface area contributed by atoms with Crippen molar-refractivity contribution in [3.63, 3.8) is 0 Å². The maximum absolute atomic E-state index is 8.74. The average Bonchev–Trinajstić information content (AvgIpc) is 1.36. The molecule has 9 heteroatoms. The summed E-state index contributed by atoms with van der Waals surface area (Å²) in [5.74, 6) is 0. The van der Waals surface area contributed by atoms with Gasteiger partial charge in [0.25, 0.3) is 0 Å². The van der Waals surface area contributed by atoms with Gasteiger partial charge in [-0.2, -0.15) is 8.42 Å². The molecule has 0 aromatic rings. The number of hydrogen-bond donors (Lipinski definition) is 5. The SMILES string of the molecule is CO.N.N.O.O=S(=O)(O)O. The minimum Gasteiger partial charge on any atom is -0.412 e. The molecular weight excluding hydrogens is 168 g/mol. The smallest absolute Gasteiger partial charge is 0.394 e. The Hall–Kier alpha value is -0.290. The molecule has 0 saturated carbocycles. The van der Waals surface area contributed by atoms with Crippen LogP contribution in [0.3, 0.4) is 0 Å². The van der Waals surface area contributed by atoms with Gasteiger partial charge >= 0.3 is 10.4 Å².